The van der Waals surface area contributed by atoms with Gasteiger partial charge in [-0.05, 0) is 61.9 Å². The quantitative estimate of drug-likeness (QED) is 0.591. The lowest BCUT2D eigenvalue weighted by Crippen LogP contribution is -2.38. The first-order valence-electron chi connectivity index (χ1n) is 9.53. The highest BCUT2D eigenvalue weighted by Crippen LogP contribution is 2.27. The molecule has 0 saturated carbocycles. The van der Waals surface area contributed by atoms with E-state index in [1.807, 2.05) is 6.92 Å². The van der Waals surface area contributed by atoms with Crippen molar-refractivity contribution in [2.24, 2.45) is 5.73 Å². The number of para-hydroxylation sites is 1. The fourth-order valence-corrected chi connectivity index (χ4v) is 4.51. The average Bonchev–Trinajstić information content (AvgIpc) is 2.73. The van der Waals surface area contributed by atoms with E-state index < -0.39 is 28.4 Å². The van der Waals surface area contributed by atoms with Crippen molar-refractivity contribution in [3.8, 4) is 0 Å². The monoisotopic (exact) mass is 437 g/mol. The van der Waals surface area contributed by atoms with Crippen molar-refractivity contribution >= 4 is 33.2 Å². The van der Waals surface area contributed by atoms with Gasteiger partial charge in [0.15, 0.2) is 0 Å². The molecule has 0 fully saturated rings. The second-order valence-electron chi connectivity index (χ2n) is 7.10. The van der Waals surface area contributed by atoms with Crippen LogP contribution in [0.3, 0.4) is 0 Å². The molecule has 0 aliphatic heterocycles. The number of hydrogen-bond acceptors (Lipinski definition) is 4. The smallest absolute Gasteiger partial charge is 0.264 e. The fourth-order valence-electron chi connectivity index (χ4n) is 3.03. The van der Waals surface area contributed by atoms with Crippen molar-refractivity contribution in [3.63, 3.8) is 0 Å². The van der Waals surface area contributed by atoms with E-state index in [1.54, 1.807) is 43.3 Å². The third-order valence-corrected chi connectivity index (χ3v) is 6.51. The number of carbonyl (C=O) groups excluding carboxylic acids is 2. The van der Waals surface area contributed by atoms with Gasteiger partial charge in [-0.15, -0.1) is 0 Å². The zero-order chi connectivity index (χ0) is 22.6. The summed E-state index contributed by atoms with van der Waals surface area (Å²) in [5, 5.41) is 2.66. The van der Waals surface area contributed by atoms with Crippen LogP contribution in [0.4, 0.5) is 11.4 Å². The zero-order valence-corrected chi connectivity index (χ0v) is 18.0. The number of nitrogens with one attached hydrogen (secondary N) is 1. The van der Waals surface area contributed by atoms with E-state index in [9.17, 15) is 18.0 Å². The van der Waals surface area contributed by atoms with Gasteiger partial charge in [-0.25, -0.2) is 8.42 Å². The third kappa shape index (κ3) is 5.10. The minimum absolute atomic E-state index is 0.0972. The molecule has 0 saturated heterocycles. The number of nitrogens with zero attached hydrogens (tertiary/aromatic N) is 1. The standard InChI is InChI=1S/C23H23N3O4S/c1-16-7-13-20(14-8-16)31(29,30)26(21-6-4-3-5-17(21)2)15-22(27)25-19-11-9-18(10-12-19)23(24)28/h3-14H,15H2,1-2H3,(H2,24,28)(H,25,27). The van der Waals surface area contributed by atoms with Gasteiger partial charge in [0.05, 0.1) is 10.6 Å². The van der Waals surface area contributed by atoms with Crippen molar-refractivity contribution in [2.75, 3.05) is 16.2 Å². The summed E-state index contributed by atoms with van der Waals surface area (Å²) < 4.78 is 27.9. The molecule has 0 spiro atoms. The number of anilines is 2. The molecule has 3 aromatic rings. The maximum absolute atomic E-state index is 13.4. The summed E-state index contributed by atoms with van der Waals surface area (Å²) in [5.41, 5.74) is 8.02. The first kappa shape index (κ1) is 22.0. The van der Waals surface area contributed by atoms with Crippen LogP contribution in [-0.2, 0) is 14.8 Å². The van der Waals surface area contributed by atoms with E-state index in [0.717, 1.165) is 15.4 Å². The molecule has 0 aliphatic carbocycles. The number of amides is 2. The van der Waals surface area contributed by atoms with Crippen LogP contribution in [0.15, 0.2) is 77.7 Å². The van der Waals surface area contributed by atoms with Gasteiger partial charge in [0, 0.05) is 11.3 Å². The molecule has 0 heterocycles. The fraction of sp³-hybridized carbons (Fsp3) is 0.130. The Balaban J connectivity index is 1.91. The number of hydrogen-bond donors (Lipinski definition) is 2. The van der Waals surface area contributed by atoms with Crippen LogP contribution in [0.25, 0.3) is 0 Å². The van der Waals surface area contributed by atoms with Gasteiger partial charge >= 0.3 is 0 Å². The van der Waals surface area contributed by atoms with E-state index in [-0.39, 0.29) is 4.90 Å². The Kier molecular flexibility index (Phi) is 6.41. The Labute approximate surface area is 181 Å². The molecule has 0 unspecified atom stereocenters. The molecule has 0 aromatic heterocycles. The van der Waals surface area contributed by atoms with Crippen LogP contribution in [0.2, 0.25) is 0 Å². The maximum Gasteiger partial charge on any atom is 0.264 e. The van der Waals surface area contributed by atoms with Crippen LogP contribution < -0.4 is 15.4 Å². The molecular weight excluding hydrogens is 414 g/mol. The molecule has 0 radical (unpaired) electrons. The summed E-state index contributed by atoms with van der Waals surface area (Å²) in [6.45, 7) is 3.23. The molecule has 2 amide bonds. The Morgan fingerprint density at radius 1 is 0.903 bits per heavy atom. The van der Waals surface area contributed by atoms with Crippen LogP contribution in [-0.4, -0.2) is 26.8 Å². The van der Waals surface area contributed by atoms with E-state index >= 15 is 0 Å². The summed E-state index contributed by atoms with van der Waals surface area (Å²) >= 11 is 0. The normalized spacial score (nSPS) is 11.0. The maximum atomic E-state index is 13.4. The molecule has 0 atom stereocenters. The van der Waals surface area contributed by atoms with E-state index in [0.29, 0.717) is 16.9 Å². The lowest BCUT2D eigenvalue weighted by atomic mass is 10.2. The number of carbonyl (C=O) groups is 2. The predicted molar refractivity (Wildman–Crippen MR) is 120 cm³/mol. The lowest BCUT2D eigenvalue weighted by Gasteiger charge is -2.25. The van der Waals surface area contributed by atoms with Crippen molar-refractivity contribution in [1.29, 1.82) is 0 Å². The molecule has 3 aromatic carbocycles. The van der Waals surface area contributed by atoms with E-state index in [2.05, 4.69) is 5.32 Å². The lowest BCUT2D eigenvalue weighted by molar-refractivity contribution is -0.114. The highest BCUT2D eigenvalue weighted by Gasteiger charge is 2.28. The zero-order valence-electron chi connectivity index (χ0n) is 17.2. The summed E-state index contributed by atoms with van der Waals surface area (Å²) in [7, 11) is -3.99. The summed E-state index contributed by atoms with van der Waals surface area (Å²) in [5.74, 6) is -1.10. The number of primary amides is 1. The largest absolute Gasteiger partial charge is 0.366 e. The van der Waals surface area contributed by atoms with E-state index in [4.69, 9.17) is 5.73 Å². The van der Waals surface area contributed by atoms with Crippen LogP contribution in [0.1, 0.15) is 21.5 Å². The molecule has 7 nitrogen and oxygen atoms in total. The van der Waals surface area contributed by atoms with Crippen molar-refractivity contribution in [3.05, 3.63) is 89.5 Å². The molecule has 160 valence electrons. The Morgan fingerprint density at radius 3 is 2.10 bits per heavy atom. The number of rotatable bonds is 7. The first-order valence-corrected chi connectivity index (χ1v) is 11.0. The minimum Gasteiger partial charge on any atom is -0.366 e. The first-order chi connectivity index (χ1) is 14.7. The third-order valence-electron chi connectivity index (χ3n) is 4.73. The van der Waals surface area contributed by atoms with Gasteiger partial charge in [0.1, 0.15) is 6.54 Å². The predicted octanol–water partition coefficient (Wildman–Crippen LogP) is 3.24. The molecule has 8 heteroatoms. The van der Waals surface area contributed by atoms with Gasteiger partial charge in [-0.2, -0.15) is 0 Å². The number of benzene rings is 3. The number of aryl methyl sites for hydroxylation is 2. The topological polar surface area (TPSA) is 110 Å². The Bertz CT molecular complexity index is 1200. The van der Waals surface area contributed by atoms with Crippen molar-refractivity contribution in [2.45, 2.75) is 18.7 Å². The van der Waals surface area contributed by atoms with Gasteiger partial charge in [0.25, 0.3) is 10.0 Å². The van der Waals surface area contributed by atoms with Crippen molar-refractivity contribution < 1.29 is 18.0 Å². The van der Waals surface area contributed by atoms with Gasteiger partial charge in [-0.3, -0.25) is 13.9 Å². The SMILES string of the molecule is Cc1ccc(S(=O)(=O)N(CC(=O)Nc2ccc(C(N)=O)cc2)c2ccccc2C)cc1. The average molecular weight is 438 g/mol. The van der Waals surface area contributed by atoms with Crippen LogP contribution >= 0.6 is 0 Å². The summed E-state index contributed by atoms with van der Waals surface area (Å²) in [6, 6.07) is 19.5. The Morgan fingerprint density at radius 2 is 1.52 bits per heavy atom. The highest BCUT2D eigenvalue weighted by atomic mass is 32.2. The van der Waals surface area contributed by atoms with E-state index in [1.165, 1.54) is 36.4 Å². The molecule has 3 rings (SSSR count). The van der Waals surface area contributed by atoms with Crippen LogP contribution in [0.5, 0.6) is 0 Å². The summed E-state index contributed by atoms with van der Waals surface area (Å²) in [4.78, 5) is 24.0. The molecular formula is C23H23N3O4S. The molecule has 31 heavy (non-hydrogen) atoms. The van der Waals surface area contributed by atoms with Gasteiger partial charge < -0.3 is 11.1 Å². The Hall–Kier alpha value is -3.65. The van der Waals surface area contributed by atoms with Gasteiger partial charge in [-0.1, -0.05) is 35.9 Å². The van der Waals surface area contributed by atoms with Crippen molar-refractivity contribution in [1.82, 2.24) is 0 Å². The number of sulfonamides is 1. The highest BCUT2D eigenvalue weighted by molar-refractivity contribution is 7.92. The molecule has 0 bridgehead atoms. The number of nitrogens with two attached hydrogens (primary N) is 1. The second-order valence-corrected chi connectivity index (χ2v) is 8.96. The molecule has 0 aliphatic rings. The van der Waals surface area contributed by atoms with Crippen LogP contribution in [0, 0.1) is 13.8 Å². The minimum atomic E-state index is -3.99. The van der Waals surface area contributed by atoms with Gasteiger partial charge in [0.2, 0.25) is 11.8 Å². The second kappa shape index (κ2) is 9.01. The summed E-state index contributed by atoms with van der Waals surface area (Å²) in [6.07, 6.45) is 0. The molecule has 3 N–H and O–H groups in total.